The first-order chi connectivity index (χ1) is 11.1. The zero-order valence-electron chi connectivity index (χ0n) is 12.0. The van der Waals surface area contributed by atoms with Gasteiger partial charge in [0, 0.05) is 27.0 Å². The van der Waals surface area contributed by atoms with Crippen LogP contribution in [-0.2, 0) is 11.3 Å². The number of rotatable bonds is 5. The lowest BCUT2D eigenvalue weighted by Gasteiger charge is -2.07. The summed E-state index contributed by atoms with van der Waals surface area (Å²) < 4.78 is 1.11. The fourth-order valence-corrected chi connectivity index (χ4v) is 2.32. The van der Waals surface area contributed by atoms with E-state index < -0.39 is 5.91 Å². The Morgan fingerprint density at radius 1 is 1.22 bits per heavy atom. The van der Waals surface area contributed by atoms with Crippen LogP contribution in [0.2, 0.25) is 5.02 Å². The van der Waals surface area contributed by atoms with E-state index in [-0.39, 0.29) is 12.1 Å². The predicted octanol–water partition coefficient (Wildman–Crippen LogP) is 4.08. The van der Waals surface area contributed by atoms with Crippen molar-refractivity contribution in [2.24, 2.45) is 0 Å². The van der Waals surface area contributed by atoms with Crippen molar-refractivity contribution < 1.29 is 4.79 Å². The Morgan fingerprint density at radius 3 is 2.57 bits per heavy atom. The molecule has 2 rings (SSSR count). The van der Waals surface area contributed by atoms with Gasteiger partial charge >= 0.3 is 0 Å². The molecule has 0 spiro atoms. The molecule has 2 aromatic rings. The minimum absolute atomic E-state index is 0.00407. The number of hydrogen-bond acceptors (Lipinski definition) is 3. The van der Waals surface area contributed by atoms with Crippen LogP contribution >= 0.6 is 34.2 Å². The minimum atomic E-state index is -0.453. The Hall–Kier alpha value is -2.04. The van der Waals surface area contributed by atoms with Crippen molar-refractivity contribution in [2.45, 2.75) is 6.54 Å². The van der Waals surface area contributed by atoms with E-state index in [1.807, 2.05) is 48.5 Å². The van der Waals surface area contributed by atoms with E-state index in [1.54, 1.807) is 6.07 Å². The van der Waals surface area contributed by atoms with Crippen molar-refractivity contribution in [3.63, 3.8) is 0 Å². The monoisotopic (exact) mass is 437 g/mol. The molecule has 0 aromatic heterocycles. The van der Waals surface area contributed by atoms with Crippen molar-refractivity contribution in [1.29, 1.82) is 5.26 Å². The molecule has 116 valence electrons. The molecular weight excluding hydrogens is 425 g/mol. The Labute approximate surface area is 153 Å². The largest absolute Gasteiger partial charge is 0.360 e. The van der Waals surface area contributed by atoms with Crippen LogP contribution < -0.4 is 10.6 Å². The summed E-state index contributed by atoms with van der Waals surface area (Å²) in [7, 11) is 0. The highest BCUT2D eigenvalue weighted by atomic mass is 127. The van der Waals surface area contributed by atoms with Gasteiger partial charge < -0.3 is 10.6 Å². The second-order valence-electron chi connectivity index (χ2n) is 4.60. The van der Waals surface area contributed by atoms with Gasteiger partial charge in [-0.05, 0) is 58.5 Å². The Kier molecular flexibility index (Phi) is 6.44. The molecule has 0 atom stereocenters. The molecule has 0 fully saturated rings. The summed E-state index contributed by atoms with van der Waals surface area (Å²) in [5.41, 5.74) is 1.60. The van der Waals surface area contributed by atoms with Crippen LogP contribution in [-0.4, -0.2) is 5.91 Å². The Balaban J connectivity index is 1.98. The summed E-state index contributed by atoms with van der Waals surface area (Å²) in [6, 6.07) is 16.7. The number of halogens is 2. The highest BCUT2D eigenvalue weighted by molar-refractivity contribution is 14.1. The number of amides is 1. The molecule has 2 aromatic carbocycles. The third-order valence-electron chi connectivity index (χ3n) is 2.99. The number of anilines is 1. The summed E-state index contributed by atoms with van der Waals surface area (Å²) in [4.78, 5) is 12.0. The zero-order chi connectivity index (χ0) is 16.7. The first-order valence-electron chi connectivity index (χ1n) is 6.74. The van der Waals surface area contributed by atoms with Crippen molar-refractivity contribution >= 4 is 45.8 Å². The van der Waals surface area contributed by atoms with Gasteiger partial charge in [-0.2, -0.15) is 5.26 Å². The van der Waals surface area contributed by atoms with Crippen LogP contribution in [0.3, 0.4) is 0 Å². The van der Waals surface area contributed by atoms with E-state index in [0.717, 1.165) is 14.8 Å². The molecule has 2 N–H and O–H groups in total. The highest BCUT2D eigenvalue weighted by Gasteiger charge is 2.09. The molecule has 0 unspecified atom stereocenters. The molecular formula is C17H13ClIN3O. The number of carbonyl (C=O) groups is 1. The van der Waals surface area contributed by atoms with Gasteiger partial charge in [-0.3, -0.25) is 4.79 Å². The topological polar surface area (TPSA) is 64.9 Å². The summed E-state index contributed by atoms with van der Waals surface area (Å²) in [5.74, 6) is -0.453. The van der Waals surface area contributed by atoms with Crippen LogP contribution in [0.15, 0.2) is 60.3 Å². The van der Waals surface area contributed by atoms with Gasteiger partial charge in [0.2, 0.25) is 0 Å². The van der Waals surface area contributed by atoms with Crippen LogP contribution in [0.4, 0.5) is 5.69 Å². The molecule has 0 radical (unpaired) electrons. The van der Waals surface area contributed by atoms with Crippen molar-refractivity contribution in [1.82, 2.24) is 5.32 Å². The molecule has 23 heavy (non-hydrogen) atoms. The van der Waals surface area contributed by atoms with Crippen LogP contribution in [0.25, 0.3) is 0 Å². The molecule has 0 saturated carbocycles. The maximum absolute atomic E-state index is 12.0. The molecule has 0 aliphatic heterocycles. The van der Waals surface area contributed by atoms with Crippen molar-refractivity contribution in [3.05, 3.63) is 74.5 Å². The number of nitriles is 1. The quantitative estimate of drug-likeness (QED) is 0.421. The fraction of sp³-hybridized carbons (Fsp3) is 0.0588. The molecule has 0 aliphatic rings. The number of benzene rings is 2. The molecule has 0 heterocycles. The van der Waals surface area contributed by atoms with E-state index in [2.05, 4.69) is 33.2 Å². The predicted molar refractivity (Wildman–Crippen MR) is 99.8 cm³/mol. The van der Waals surface area contributed by atoms with E-state index in [4.69, 9.17) is 16.9 Å². The van der Waals surface area contributed by atoms with Crippen LogP contribution in [0.1, 0.15) is 5.56 Å². The normalized spacial score (nSPS) is 10.7. The summed E-state index contributed by atoms with van der Waals surface area (Å²) in [6.45, 7) is 0.265. The smallest absolute Gasteiger partial charge is 0.263 e. The van der Waals surface area contributed by atoms with E-state index >= 15 is 0 Å². The van der Waals surface area contributed by atoms with Crippen molar-refractivity contribution in [2.75, 3.05) is 5.32 Å². The maximum atomic E-state index is 12.0. The molecule has 0 saturated heterocycles. The summed E-state index contributed by atoms with van der Waals surface area (Å²) in [6.07, 6.45) is 1.39. The third-order valence-corrected chi connectivity index (χ3v) is 4.08. The van der Waals surface area contributed by atoms with E-state index in [1.165, 1.54) is 6.20 Å². The lowest BCUT2D eigenvalue weighted by atomic mass is 10.2. The standard InChI is InChI=1S/C17H13ClIN3O/c18-16-4-2-1-3-12(16)10-22-17(23)13(9-20)11-21-15-7-5-14(19)6-8-15/h1-8,11,21H,10H2,(H,22,23)/b13-11-. The summed E-state index contributed by atoms with van der Waals surface area (Å²) >= 11 is 8.24. The van der Waals surface area contributed by atoms with Gasteiger partial charge in [0.05, 0.1) is 0 Å². The average molecular weight is 438 g/mol. The summed E-state index contributed by atoms with van der Waals surface area (Å²) in [5, 5.41) is 15.3. The zero-order valence-corrected chi connectivity index (χ0v) is 14.9. The highest BCUT2D eigenvalue weighted by Crippen LogP contribution is 2.15. The molecule has 4 nitrogen and oxygen atoms in total. The number of nitrogens with zero attached hydrogens (tertiary/aromatic N) is 1. The van der Waals surface area contributed by atoms with Gasteiger partial charge in [0.25, 0.3) is 5.91 Å². The molecule has 1 amide bonds. The number of carbonyl (C=O) groups excluding carboxylic acids is 1. The van der Waals surface area contributed by atoms with E-state index in [9.17, 15) is 4.79 Å². The van der Waals surface area contributed by atoms with E-state index in [0.29, 0.717) is 5.02 Å². The lowest BCUT2D eigenvalue weighted by molar-refractivity contribution is -0.117. The Morgan fingerprint density at radius 2 is 1.91 bits per heavy atom. The second-order valence-corrected chi connectivity index (χ2v) is 6.25. The van der Waals surface area contributed by atoms with Gasteiger partial charge in [0.15, 0.2) is 0 Å². The molecule has 0 bridgehead atoms. The number of nitrogens with one attached hydrogen (secondary N) is 2. The van der Waals surface area contributed by atoms with Gasteiger partial charge in [-0.1, -0.05) is 29.8 Å². The molecule has 0 aliphatic carbocycles. The molecule has 6 heteroatoms. The first-order valence-corrected chi connectivity index (χ1v) is 8.20. The van der Waals surface area contributed by atoms with Crippen LogP contribution in [0.5, 0.6) is 0 Å². The lowest BCUT2D eigenvalue weighted by Crippen LogP contribution is -2.24. The maximum Gasteiger partial charge on any atom is 0.263 e. The fourth-order valence-electron chi connectivity index (χ4n) is 1.76. The van der Waals surface area contributed by atoms with Gasteiger partial charge in [-0.25, -0.2) is 0 Å². The third kappa shape index (κ3) is 5.27. The van der Waals surface area contributed by atoms with Gasteiger partial charge in [-0.15, -0.1) is 0 Å². The SMILES string of the molecule is N#C/C(=C/Nc1ccc(I)cc1)C(=O)NCc1ccccc1Cl. The van der Waals surface area contributed by atoms with Crippen LogP contribution in [0, 0.1) is 14.9 Å². The first kappa shape index (κ1) is 17.3. The Bertz CT molecular complexity index is 766. The number of hydrogen-bond donors (Lipinski definition) is 2. The minimum Gasteiger partial charge on any atom is -0.360 e. The average Bonchev–Trinajstić information content (AvgIpc) is 2.56. The van der Waals surface area contributed by atoms with Gasteiger partial charge in [0.1, 0.15) is 11.6 Å². The van der Waals surface area contributed by atoms with Crippen molar-refractivity contribution in [3.8, 4) is 6.07 Å². The second kappa shape index (κ2) is 8.56.